The fourth-order valence-corrected chi connectivity index (χ4v) is 3.78. The maximum atomic E-state index is 5.36. The molecule has 1 aromatic rings. The van der Waals surface area contributed by atoms with Crippen LogP contribution in [0.15, 0.2) is 22.7 Å². The lowest BCUT2D eigenvalue weighted by Crippen LogP contribution is -2.36. The van der Waals surface area contributed by atoms with Crippen LogP contribution in [0.3, 0.4) is 0 Å². The van der Waals surface area contributed by atoms with Gasteiger partial charge in [0.2, 0.25) is 0 Å². The third-order valence-corrected chi connectivity index (χ3v) is 4.97. The summed E-state index contributed by atoms with van der Waals surface area (Å²) < 4.78 is 6.53. The van der Waals surface area contributed by atoms with Crippen LogP contribution in [0.5, 0.6) is 5.75 Å². The molecule has 0 N–H and O–H groups in total. The number of fused-ring (bicyclic) bond motifs is 1. The van der Waals surface area contributed by atoms with E-state index in [1.165, 1.54) is 42.5 Å². The Labute approximate surface area is 123 Å². The normalized spacial score (nSPS) is 24.1. The van der Waals surface area contributed by atoms with E-state index in [1.807, 2.05) is 6.07 Å². The minimum atomic E-state index is 0.737. The van der Waals surface area contributed by atoms with E-state index in [2.05, 4.69) is 37.9 Å². The molecule has 104 valence electrons. The zero-order valence-electron chi connectivity index (χ0n) is 11.4. The molecule has 2 heterocycles. The summed E-state index contributed by atoms with van der Waals surface area (Å²) in [7, 11) is 1.73. The van der Waals surface area contributed by atoms with E-state index in [1.54, 1.807) is 7.11 Å². The predicted octanol–water partition coefficient (Wildman–Crippen LogP) is 3.13. The molecule has 0 amide bonds. The maximum Gasteiger partial charge on any atom is 0.121 e. The Hall–Kier alpha value is -0.740. The molecule has 2 aliphatic rings. The first-order valence-electron chi connectivity index (χ1n) is 7.10. The average Bonchev–Trinajstić information content (AvgIpc) is 2.77. The Bertz CT molecular complexity index is 452. The van der Waals surface area contributed by atoms with E-state index < -0.39 is 0 Å². The Morgan fingerprint density at radius 3 is 2.89 bits per heavy atom. The molecule has 1 atom stereocenters. The van der Waals surface area contributed by atoms with Crippen molar-refractivity contribution >= 4 is 21.6 Å². The molecule has 2 saturated heterocycles. The monoisotopic (exact) mass is 324 g/mol. The van der Waals surface area contributed by atoms with Crippen LogP contribution in [0.4, 0.5) is 5.69 Å². The van der Waals surface area contributed by atoms with E-state index in [9.17, 15) is 0 Å². The summed E-state index contributed by atoms with van der Waals surface area (Å²) in [6.07, 6.45) is 3.95. The number of halogens is 1. The quantitative estimate of drug-likeness (QED) is 0.831. The number of benzene rings is 1. The van der Waals surface area contributed by atoms with Crippen LogP contribution in [0.25, 0.3) is 0 Å². The van der Waals surface area contributed by atoms with Gasteiger partial charge in [-0.05, 0) is 53.9 Å². The Morgan fingerprint density at radius 2 is 2.05 bits per heavy atom. The van der Waals surface area contributed by atoms with Crippen molar-refractivity contribution < 1.29 is 4.74 Å². The van der Waals surface area contributed by atoms with Gasteiger partial charge in [0.1, 0.15) is 5.75 Å². The lowest BCUT2D eigenvalue weighted by atomic mass is 10.2. The Morgan fingerprint density at radius 1 is 1.21 bits per heavy atom. The van der Waals surface area contributed by atoms with Gasteiger partial charge >= 0.3 is 0 Å². The zero-order valence-corrected chi connectivity index (χ0v) is 13.0. The summed E-state index contributed by atoms with van der Waals surface area (Å²) in [5.74, 6) is 0.936. The molecule has 19 heavy (non-hydrogen) atoms. The Kier molecular flexibility index (Phi) is 3.99. The smallest absolute Gasteiger partial charge is 0.121 e. The van der Waals surface area contributed by atoms with Gasteiger partial charge in [-0.2, -0.15) is 0 Å². The molecule has 2 fully saturated rings. The van der Waals surface area contributed by atoms with Crippen molar-refractivity contribution in [2.24, 2.45) is 0 Å². The van der Waals surface area contributed by atoms with Gasteiger partial charge in [0, 0.05) is 36.2 Å². The highest BCUT2D eigenvalue weighted by Crippen LogP contribution is 2.33. The number of rotatable bonds is 2. The minimum Gasteiger partial charge on any atom is -0.497 e. The number of methoxy groups -OCH3 is 1. The SMILES string of the molecule is COc1ccc(Br)c(N2CCCN3CCCC3C2)c1. The maximum absolute atomic E-state index is 5.36. The summed E-state index contributed by atoms with van der Waals surface area (Å²) in [6, 6.07) is 6.98. The first kappa shape index (κ1) is 13.3. The van der Waals surface area contributed by atoms with Gasteiger partial charge in [0.05, 0.1) is 12.8 Å². The second kappa shape index (κ2) is 5.71. The van der Waals surface area contributed by atoms with Gasteiger partial charge in [-0.15, -0.1) is 0 Å². The molecule has 2 aliphatic heterocycles. The highest BCUT2D eigenvalue weighted by atomic mass is 79.9. The highest BCUT2D eigenvalue weighted by molar-refractivity contribution is 9.10. The fraction of sp³-hybridized carbons (Fsp3) is 0.600. The molecule has 0 bridgehead atoms. The van der Waals surface area contributed by atoms with Crippen molar-refractivity contribution in [3.8, 4) is 5.75 Å². The standard InChI is InChI=1S/C15H21BrN2O/c1-19-13-5-6-14(16)15(10-13)18-9-3-8-17-7-2-4-12(17)11-18/h5-6,10,12H,2-4,7-9,11H2,1H3. The van der Waals surface area contributed by atoms with E-state index in [4.69, 9.17) is 4.74 Å². The highest BCUT2D eigenvalue weighted by Gasteiger charge is 2.29. The average molecular weight is 325 g/mol. The molecule has 4 heteroatoms. The molecule has 0 saturated carbocycles. The second-order valence-electron chi connectivity index (χ2n) is 5.45. The summed E-state index contributed by atoms with van der Waals surface area (Å²) >= 11 is 3.68. The van der Waals surface area contributed by atoms with E-state index in [-0.39, 0.29) is 0 Å². The molecule has 0 radical (unpaired) electrons. The number of ether oxygens (including phenoxy) is 1. The van der Waals surface area contributed by atoms with Crippen LogP contribution in [0, 0.1) is 0 Å². The van der Waals surface area contributed by atoms with Gasteiger partial charge in [0.25, 0.3) is 0 Å². The van der Waals surface area contributed by atoms with Crippen LogP contribution in [0.1, 0.15) is 19.3 Å². The van der Waals surface area contributed by atoms with Crippen molar-refractivity contribution in [2.45, 2.75) is 25.3 Å². The fourth-order valence-electron chi connectivity index (χ4n) is 3.29. The largest absolute Gasteiger partial charge is 0.497 e. The first-order chi connectivity index (χ1) is 9.28. The number of anilines is 1. The van der Waals surface area contributed by atoms with Crippen LogP contribution < -0.4 is 9.64 Å². The molecule has 0 aromatic heterocycles. The van der Waals surface area contributed by atoms with E-state index >= 15 is 0 Å². The van der Waals surface area contributed by atoms with Crippen LogP contribution in [-0.4, -0.2) is 44.2 Å². The number of hydrogen-bond acceptors (Lipinski definition) is 3. The van der Waals surface area contributed by atoms with Gasteiger partial charge in [0.15, 0.2) is 0 Å². The lowest BCUT2D eigenvalue weighted by molar-refractivity contribution is 0.273. The van der Waals surface area contributed by atoms with Crippen molar-refractivity contribution in [1.29, 1.82) is 0 Å². The molecule has 0 spiro atoms. The first-order valence-corrected chi connectivity index (χ1v) is 7.90. The summed E-state index contributed by atoms with van der Waals surface area (Å²) in [6.45, 7) is 4.82. The van der Waals surface area contributed by atoms with Gasteiger partial charge in [-0.3, -0.25) is 4.90 Å². The van der Waals surface area contributed by atoms with Crippen molar-refractivity contribution in [3.05, 3.63) is 22.7 Å². The van der Waals surface area contributed by atoms with Crippen molar-refractivity contribution in [1.82, 2.24) is 4.90 Å². The summed E-state index contributed by atoms with van der Waals surface area (Å²) in [4.78, 5) is 5.18. The zero-order chi connectivity index (χ0) is 13.2. The Balaban J connectivity index is 1.84. The third kappa shape index (κ3) is 2.75. The molecule has 1 unspecified atom stereocenters. The molecule has 3 rings (SSSR count). The minimum absolute atomic E-state index is 0.737. The summed E-state index contributed by atoms with van der Waals surface area (Å²) in [5, 5.41) is 0. The predicted molar refractivity (Wildman–Crippen MR) is 82.1 cm³/mol. The topological polar surface area (TPSA) is 15.7 Å². The second-order valence-corrected chi connectivity index (χ2v) is 6.30. The molecule has 3 nitrogen and oxygen atoms in total. The van der Waals surface area contributed by atoms with Gasteiger partial charge in [-0.1, -0.05) is 0 Å². The van der Waals surface area contributed by atoms with Gasteiger partial charge in [-0.25, -0.2) is 0 Å². The van der Waals surface area contributed by atoms with Crippen molar-refractivity contribution in [3.63, 3.8) is 0 Å². The van der Waals surface area contributed by atoms with Crippen LogP contribution in [0.2, 0.25) is 0 Å². The third-order valence-electron chi connectivity index (χ3n) is 4.30. The van der Waals surface area contributed by atoms with Crippen LogP contribution in [-0.2, 0) is 0 Å². The number of hydrogen-bond donors (Lipinski definition) is 0. The van der Waals surface area contributed by atoms with Gasteiger partial charge < -0.3 is 9.64 Å². The number of nitrogens with zero attached hydrogens (tertiary/aromatic N) is 2. The molecule has 0 aliphatic carbocycles. The van der Waals surface area contributed by atoms with E-state index in [0.717, 1.165) is 24.9 Å². The van der Waals surface area contributed by atoms with E-state index in [0.29, 0.717) is 0 Å². The van der Waals surface area contributed by atoms with Crippen molar-refractivity contribution in [2.75, 3.05) is 38.2 Å². The summed E-state index contributed by atoms with van der Waals surface area (Å²) in [5.41, 5.74) is 1.27. The molecule has 1 aromatic carbocycles. The lowest BCUT2D eigenvalue weighted by Gasteiger charge is -2.28. The molecular weight excluding hydrogens is 304 g/mol. The molecular formula is C15H21BrN2O. The van der Waals surface area contributed by atoms with Crippen LogP contribution >= 0.6 is 15.9 Å².